The zero-order valence-electron chi connectivity index (χ0n) is 22.2. The van der Waals surface area contributed by atoms with Crippen LogP contribution in [0.2, 0.25) is 0 Å². The van der Waals surface area contributed by atoms with Crippen molar-refractivity contribution in [3.63, 3.8) is 0 Å². The summed E-state index contributed by atoms with van der Waals surface area (Å²) in [6.45, 7) is 3.38. The summed E-state index contributed by atoms with van der Waals surface area (Å²) in [5.74, 6) is -0.760. The minimum absolute atomic E-state index is 0.0400. The summed E-state index contributed by atoms with van der Waals surface area (Å²) < 4.78 is 17.3. The molecule has 0 saturated carbocycles. The normalized spacial score (nSPS) is 14.0. The Bertz CT molecular complexity index is 1340. The summed E-state index contributed by atoms with van der Waals surface area (Å²) in [6, 6.07) is 19.6. The van der Waals surface area contributed by atoms with Crippen molar-refractivity contribution in [1.29, 1.82) is 0 Å². The zero-order valence-corrected chi connectivity index (χ0v) is 22.2. The highest BCUT2D eigenvalue weighted by Gasteiger charge is 2.32. The number of carbonyl (C=O) groups excluding carboxylic acids is 1. The van der Waals surface area contributed by atoms with Crippen LogP contribution in [0.25, 0.3) is 0 Å². The molecule has 1 unspecified atom stereocenters. The Morgan fingerprint density at radius 2 is 1.70 bits per heavy atom. The molecule has 4 rings (SSSR count). The van der Waals surface area contributed by atoms with Gasteiger partial charge in [-0.15, -0.1) is 0 Å². The van der Waals surface area contributed by atoms with Crippen LogP contribution in [0.4, 0.5) is 11.4 Å². The van der Waals surface area contributed by atoms with E-state index in [0.717, 1.165) is 11.3 Å². The Balaban J connectivity index is 1.34. The molecule has 1 heterocycles. The molecule has 0 spiro atoms. The van der Waals surface area contributed by atoms with Crippen LogP contribution >= 0.6 is 0 Å². The van der Waals surface area contributed by atoms with E-state index < -0.39 is 23.9 Å². The number of carbonyl (C=O) groups is 3. The Hall–Kier alpha value is -4.73. The van der Waals surface area contributed by atoms with E-state index in [4.69, 9.17) is 19.3 Å². The zero-order chi connectivity index (χ0) is 28.5. The van der Waals surface area contributed by atoms with Crippen molar-refractivity contribution in [2.75, 3.05) is 36.5 Å². The molecule has 1 atom stereocenters. The first-order chi connectivity index (χ1) is 19.3. The van der Waals surface area contributed by atoms with Crippen LogP contribution < -0.4 is 24.4 Å². The second-order valence-corrected chi connectivity index (χ2v) is 9.34. The highest BCUT2D eigenvalue weighted by molar-refractivity contribution is 6.05. The van der Waals surface area contributed by atoms with Crippen molar-refractivity contribution in [3.8, 4) is 17.2 Å². The number of aliphatic carboxylic acids is 2. The van der Waals surface area contributed by atoms with Crippen molar-refractivity contribution in [1.82, 2.24) is 0 Å². The molecule has 10 nitrogen and oxygen atoms in total. The summed E-state index contributed by atoms with van der Waals surface area (Å²) in [7, 11) is 0. The van der Waals surface area contributed by atoms with Crippen molar-refractivity contribution in [2.45, 2.75) is 32.3 Å². The van der Waals surface area contributed by atoms with E-state index >= 15 is 0 Å². The third-order valence-corrected chi connectivity index (χ3v) is 6.35. The predicted octanol–water partition coefficient (Wildman–Crippen LogP) is 4.61. The van der Waals surface area contributed by atoms with Crippen LogP contribution in [0, 0.1) is 6.92 Å². The molecule has 1 aliphatic rings. The first kappa shape index (κ1) is 28.3. The molecular formula is C30H32N2O8. The van der Waals surface area contributed by atoms with Crippen molar-refractivity contribution >= 4 is 29.2 Å². The van der Waals surface area contributed by atoms with Crippen LogP contribution in [0.5, 0.6) is 17.2 Å². The van der Waals surface area contributed by atoms with Gasteiger partial charge in [-0.05, 0) is 61.4 Å². The fraction of sp³-hybridized carbons (Fsp3) is 0.300. The molecule has 3 N–H and O–H groups in total. The van der Waals surface area contributed by atoms with Gasteiger partial charge in [0, 0.05) is 24.9 Å². The molecule has 3 aromatic rings. The maximum atomic E-state index is 13.0. The number of hydrogen-bond donors (Lipinski definition) is 3. The monoisotopic (exact) mass is 548 g/mol. The maximum absolute atomic E-state index is 13.0. The second kappa shape index (κ2) is 13.4. The van der Waals surface area contributed by atoms with E-state index in [1.165, 1.54) is 0 Å². The lowest BCUT2D eigenvalue weighted by Gasteiger charge is -2.35. The molecule has 0 saturated heterocycles. The minimum Gasteiger partial charge on any atom is -0.493 e. The number of hydrogen-bond acceptors (Lipinski definition) is 7. The van der Waals surface area contributed by atoms with Gasteiger partial charge in [0.2, 0.25) is 6.10 Å². The summed E-state index contributed by atoms with van der Waals surface area (Å²) in [5.41, 5.74) is 2.38. The van der Waals surface area contributed by atoms with Crippen molar-refractivity contribution < 1.29 is 38.8 Å². The molecule has 0 bridgehead atoms. The molecule has 0 aliphatic carbocycles. The fourth-order valence-corrected chi connectivity index (χ4v) is 4.28. The number of amides is 1. The van der Waals surface area contributed by atoms with Crippen LogP contribution in [-0.2, 0) is 9.59 Å². The Morgan fingerprint density at radius 1 is 0.950 bits per heavy atom. The average Bonchev–Trinajstić information content (AvgIpc) is 2.94. The van der Waals surface area contributed by atoms with E-state index in [2.05, 4.69) is 5.32 Å². The van der Waals surface area contributed by atoms with Gasteiger partial charge in [-0.25, -0.2) is 4.79 Å². The lowest BCUT2D eigenvalue weighted by Crippen LogP contribution is -2.45. The largest absolute Gasteiger partial charge is 0.493 e. The highest BCUT2D eigenvalue weighted by atomic mass is 16.5. The Morgan fingerprint density at radius 3 is 2.42 bits per heavy atom. The lowest BCUT2D eigenvalue weighted by molar-refractivity contribution is -0.145. The van der Waals surface area contributed by atoms with Gasteiger partial charge in [0.25, 0.3) is 5.91 Å². The topological polar surface area (TPSA) is 135 Å². The maximum Gasteiger partial charge on any atom is 0.346 e. The number of nitrogens with zero attached hydrogens (tertiary/aromatic N) is 1. The summed E-state index contributed by atoms with van der Waals surface area (Å²) >= 11 is 0. The van der Waals surface area contributed by atoms with Gasteiger partial charge in [0.15, 0.2) is 5.75 Å². The van der Waals surface area contributed by atoms with Crippen LogP contribution in [-0.4, -0.2) is 60.5 Å². The predicted molar refractivity (Wildman–Crippen MR) is 149 cm³/mol. The van der Waals surface area contributed by atoms with Crippen LogP contribution in [0.1, 0.15) is 35.2 Å². The molecule has 3 aromatic carbocycles. The highest BCUT2D eigenvalue weighted by Crippen LogP contribution is 2.40. The van der Waals surface area contributed by atoms with E-state index in [9.17, 15) is 19.5 Å². The number of fused-ring (bicyclic) bond motifs is 1. The number of anilines is 2. The SMILES string of the molecule is Cc1ccccc1OCCCOc1ccc(C(=O)Nc2cccc3c2OC(C(=O)O)CN3CCCC(=O)O)cc1. The Labute approximate surface area is 232 Å². The fourth-order valence-electron chi connectivity index (χ4n) is 4.28. The molecular weight excluding hydrogens is 516 g/mol. The summed E-state index contributed by atoms with van der Waals surface area (Å²) in [5, 5.41) is 21.3. The molecule has 40 heavy (non-hydrogen) atoms. The number of carboxylic acid groups (broad SMARTS) is 2. The van der Waals surface area contributed by atoms with Gasteiger partial charge < -0.3 is 34.6 Å². The molecule has 0 fully saturated rings. The minimum atomic E-state index is -1.16. The van der Waals surface area contributed by atoms with Crippen LogP contribution in [0.15, 0.2) is 66.7 Å². The molecule has 210 valence electrons. The lowest BCUT2D eigenvalue weighted by atomic mass is 10.1. The first-order valence-corrected chi connectivity index (χ1v) is 13.0. The van der Waals surface area contributed by atoms with Crippen LogP contribution in [0.3, 0.4) is 0 Å². The summed E-state index contributed by atoms with van der Waals surface area (Å²) in [6.07, 6.45) is -0.164. The molecule has 0 aromatic heterocycles. The van der Waals surface area contributed by atoms with Gasteiger partial charge in [-0.2, -0.15) is 0 Å². The number of benzene rings is 3. The van der Waals surface area contributed by atoms with E-state index in [0.29, 0.717) is 55.3 Å². The first-order valence-electron chi connectivity index (χ1n) is 13.0. The standard InChI is InChI=1S/C30H32N2O8/c1-20-7-2-3-10-25(20)39-18-6-17-38-22-14-12-21(13-15-22)29(35)31-23-8-4-9-24-28(23)40-26(30(36)37)19-32(24)16-5-11-27(33)34/h2-4,7-10,12-15,26H,5-6,11,16-19H2,1H3,(H,31,35)(H,33,34)(H,36,37). The smallest absolute Gasteiger partial charge is 0.346 e. The van der Waals surface area contributed by atoms with E-state index in [-0.39, 0.29) is 18.7 Å². The number of para-hydroxylation sites is 2. The molecule has 1 aliphatic heterocycles. The molecule has 0 radical (unpaired) electrons. The number of nitrogens with one attached hydrogen (secondary N) is 1. The van der Waals surface area contributed by atoms with Gasteiger partial charge in [0.1, 0.15) is 11.5 Å². The third kappa shape index (κ3) is 7.43. The number of aryl methyl sites for hydroxylation is 1. The number of ether oxygens (including phenoxy) is 3. The quantitative estimate of drug-likeness (QED) is 0.262. The van der Waals surface area contributed by atoms with Gasteiger partial charge >= 0.3 is 11.9 Å². The second-order valence-electron chi connectivity index (χ2n) is 9.34. The molecule has 1 amide bonds. The van der Waals surface area contributed by atoms with Crippen molar-refractivity contribution in [2.24, 2.45) is 0 Å². The third-order valence-electron chi connectivity index (χ3n) is 6.35. The number of carboxylic acids is 2. The van der Waals surface area contributed by atoms with E-state index in [1.807, 2.05) is 31.2 Å². The molecule has 10 heteroatoms. The average molecular weight is 549 g/mol. The van der Waals surface area contributed by atoms with Crippen molar-refractivity contribution in [3.05, 3.63) is 77.9 Å². The Kier molecular flexibility index (Phi) is 9.45. The number of rotatable bonds is 13. The van der Waals surface area contributed by atoms with Gasteiger partial charge in [-0.1, -0.05) is 24.3 Å². The summed E-state index contributed by atoms with van der Waals surface area (Å²) in [4.78, 5) is 37.4. The van der Waals surface area contributed by atoms with E-state index in [1.54, 1.807) is 47.4 Å². The van der Waals surface area contributed by atoms with Gasteiger partial charge in [-0.3, -0.25) is 9.59 Å². The van der Waals surface area contributed by atoms with Gasteiger partial charge in [0.05, 0.1) is 31.1 Å².